The Balaban J connectivity index is 1.41. The fraction of sp³-hybridized carbons (Fsp3) is 0.280. The lowest BCUT2D eigenvalue weighted by Gasteiger charge is -2.25. The van der Waals surface area contributed by atoms with Crippen LogP contribution in [-0.4, -0.2) is 44.2 Å². The third-order valence-electron chi connectivity index (χ3n) is 6.42. The maximum Gasteiger partial charge on any atom is 0.258 e. The number of amides is 2. The molecule has 2 heterocycles. The third kappa shape index (κ3) is 3.59. The van der Waals surface area contributed by atoms with Gasteiger partial charge in [-0.05, 0) is 62.2 Å². The van der Waals surface area contributed by atoms with Gasteiger partial charge in [0.15, 0.2) is 0 Å². The smallest absolute Gasteiger partial charge is 0.258 e. The Morgan fingerprint density at radius 2 is 1.70 bits per heavy atom. The number of anilines is 2. The van der Waals surface area contributed by atoms with Crippen molar-refractivity contribution in [3.63, 3.8) is 0 Å². The van der Waals surface area contributed by atoms with Gasteiger partial charge in [-0.2, -0.15) is 4.31 Å². The summed E-state index contributed by atoms with van der Waals surface area (Å²) in [5.74, 6) is -0.374. The summed E-state index contributed by atoms with van der Waals surface area (Å²) < 4.78 is 27.2. The van der Waals surface area contributed by atoms with Crippen LogP contribution in [0, 0.1) is 0 Å². The monoisotopic (exact) mass is 463 g/mol. The van der Waals surface area contributed by atoms with Gasteiger partial charge in [0.25, 0.3) is 11.8 Å². The molecule has 3 aromatic carbocycles. The zero-order chi connectivity index (χ0) is 23.2. The molecule has 0 bridgehead atoms. The number of nitrogens with one attached hydrogen (secondary N) is 1. The molecule has 0 atom stereocenters. The molecule has 7 nitrogen and oxygen atoms in total. The fourth-order valence-corrected chi connectivity index (χ4v) is 6.21. The van der Waals surface area contributed by atoms with Crippen LogP contribution < -0.4 is 10.2 Å². The maximum absolute atomic E-state index is 12.9. The van der Waals surface area contributed by atoms with Crippen molar-refractivity contribution in [2.75, 3.05) is 29.9 Å². The second-order valence-electron chi connectivity index (χ2n) is 8.35. The molecule has 2 amide bonds. The van der Waals surface area contributed by atoms with Gasteiger partial charge in [0.2, 0.25) is 10.0 Å². The molecule has 5 rings (SSSR count). The second kappa shape index (κ2) is 8.28. The van der Waals surface area contributed by atoms with E-state index < -0.39 is 10.0 Å². The lowest BCUT2D eigenvalue weighted by atomic mass is 10.0. The summed E-state index contributed by atoms with van der Waals surface area (Å²) in [5.41, 5.74) is 2.45. The Labute approximate surface area is 193 Å². The summed E-state index contributed by atoms with van der Waals surface area (Å²) in [6, 6.07) is 15.2. The van der Waals surface area contributed by atoms with Crippen LogP contribution in [0.25, 0.3) is 10.8 Å². The molecule has 0 aromatic heterocycles. The number of rotatable bonds is 5. The van der Waals surface area contributed by atoms with E-state index in [1.54, 1.807) is 17.0 Å². The summed E-state index contributed by atoms with van der Waals surface area (Å²) in [4.78, 5) is 27.5. The van der Waals surface area contributed by atoms with E-state index in [-0.39, 0.29) is 16.7 Å². The van der Waals surface area contributed by atoms with Crippen LogP contribution in [0.4, 0.5) is 11.4 Å². The van der Waals surface area contributed by atoms with Crippen LogP contribution in [0.15, 0.2) is 59.5 Å². The molecule has 2 aliphatic rings. The van der Waals surface area contributed by atoms with Crippen molar-refractivity contribution in [3.8, 4) is 0 Å². The molecule has 8 heteroatoms. The second-order valence-corrected chi connectivity index (χ2v) is 10.3. The highest BCUT2D eigenvalue weighted by Gasteiger charge is 2.30. The molecule has 1 saturated heterocycles. The van der Waals surface area contributed by atoms with Gasteiger partial charge < -0.3 is 10.2 Å². The number of benzene rings is 3. The first-order valence-corrected chi connectivity index (χ1v) is 12.6. The largest absolute Gasteiger partial charge is 0.321 e. The van der Waals surface area contributed by atoms with Crippen molar-refractivity contribution >= 4 is 44.0 Å². The highest BCUT2D eigenvalue weighted by Crippen LogP contribution is 2.40. The molecule has 33 heavy (non-hydrogen) atoms. The van der Waals surface area contributed by atoms with Crippen LogP contribution in [0.1, 0.15) is 46.9 Å². The van der Waals surface area contributed by atoms with Gasteiger partial charge in [0.05, 0.1) is 10.6 Å². The van der Waals surface area contributed by atoms with E-state index in [1.165, 1.54) is 28.6 Å². The predicted octanol–water partition coefficient (Wildman–Crippen LogP) is 4.25. The van der Waals surface area contributed by atoms with Crippen molar-refractivity contribution in [2.45, 2.75) is 31.1 Å². The van der Waals surface area contributed by atoms with Crippen LogP contribution >= 0.6 is 0 Å². The first-order valence-electron chi connectivity index (χ1n) is 11.2. The van der Waals surface area contributed by atoms with Gasteiger partial charge in [-0.25, -0.2) is 8.42 Å². The highest BCUT2D eigenvalue weighted by atomic mass is 32.2. The normalized spacial score (nSPS) is 16.4. The lowest BCUT2D eigenvalue weighted by Crippen LogP contribution is -2.35. The number of hydrogen-bond donors (Lipinski definition) is 1. The fourth-order valence-electron chi connectivity index (χ4n) is 4.70. The molecule has 0 radical (unpaired) electrons. The molecule has 1 N–H and O–H groups in total. The minimum Gasteiger partial charge on any atom is -0.321 e. The SMILES string of the molecule is CCN1C(=O)c2cccc3c(NC(=O)c4ccc(S(=O)(=O)N5CCCCC5)cc4)ccc1c23. The van der Waals surface area contributed by atoms with Gasteiger partial charge >= 0.3 is 0 Å². The molecular formula is C25H25N3O4S. The average Bonchev–Trinajstić information content (AvgIpc) is 3.13. The minimum atomic E-state index is -3.54. The molecule has 0 aliphatic carbocycles. The number of carbonyl (C=O) groups excluding carboxylic acids is 2. The van der Waals surface area contributed by atoms with Crippen molar-refractivity contribution in [3.05, 3.63) is 65.7 Å². The van der Waals surface area contributed by atoms with Crippen LogP contribution in [0.2, 0.25) is 0 Å². The number of hydrogen-bond acceptors (Lipinski definition) is 4. The zero-order valence-corrected chi connectivity index (χ0v) is 19.2. The van der Waals surface area contributed by atoms with E-state index in [4.69, 9.17) is 0 Å². The predicted molar refractivity (Wildman–Crippen MR) is 128 cm³/mol. The summed E-state index contributed by atoms with van der Waals surface area (Å²) >= 11 is 0. The number of piperidine rings is 1. The summed E-state index contributed by atoms with van der Waals surface area (Å²) in [6.07, 6.45) is 2.79. The Bertz CT molecular complexity index is 1360. The van der Waals surface area contributed by atoms with Crippen molar-refractivity contribution in [1.82, 2.24) is 4.31 Å². The molecule has 0 spiro atoms. The van der Waals surface area contributed by atoms with Crippen LogP contribution in [0.3, 0.4) is 0 Å². The molecule has 170 valence electrons. The molecule has 3 aromatic rings. The maximum atomic E-state index is 12.9. The van der Waals surface area contributed by atoms with Gasteiger partial charge in [0, 0.05) is 47.2 Å². The third-order valence-corrected chi connectivity index (χ3v) is 8.33. The van der Waals surface area contributed by atoms with Gasteiger partial charge in [-0.1, -0.05) is 18.6 Å². The van der Waals surface area contributed by atoms with Crippen molar-refractivity contribution < 1.29 is 18.0 Å². The van der Waals surface area contributed by atoms with E-state index in [1.807, 2.05) is 25.1 Å². The minimum absolute atomic E-state index is 0.0351. The van der Waals surface area contributed by atoms with E-state index in [9.17, 15) is 18.0 Å². The number of nitrogens with zero attached hydrogens (tertiary/aromatic N) is 2. The summed E-state index contributed by atoms with van der Waals surface area (Å²) in [7, 11) is -3.54. The first-order chi connectivity index (χ1) is 15.9. The highest BCUT2D eigenvalue weighted by molar-refractivity contribution is 7.89. The molecule has 2 aliphatic heterocycles. The van der Waals surface area contributed by atoms with E-state index in [0.29, 0.717) is 36.4 Å². The Morgan fingerprint density at radius 3 is 2.39 bits per heavy atom. The van der Waals surface area contributed by atoms with Gasteiger partial charge in [-0.15, -0.1) is 0 Å². The number of sulfonamides is 1. The van der Waals surface area contributed by atoms with E-state index in [0.717, 1.165) is 35.7 Å². The standard InChI is InChI=1S/C25H25N3O4S/c1-2-28-22-14-13-21(19-7-6-8-20(23(19)22)25(28)30)26-24(29)17-9-11-18(12-10-17)33(31,32)27-15-4-3-5-16-27/h6-14H,2-5,15-16H2,1H3,(H,26,29). The lowest BCUT2D eigenvalue weighted by molar-refractivity contribution is 0.0992. The van der Waals surface area contributed by atoms with Gasteiger partial charge in [0.1, 0.15) is 0 Å². The van der Waals surface area contributed by atoms with E-state index >= 15 is 0 Å². The Kier molecular flexibility index (Phi) is 5.42. The molecule has 0 unspecified atom stereocenters. The topological polar surface area (TPSA) is 86.8 Å². The molecule has 0 saturated carbocycles. The van der Waals surface area contributed by atoms with Crippen molar-refractivity contribution in [2.24, 2.45) is 0 Å². The summed E-state index contributed by atoms with van der Waals surface area (Å²) in [6.45, 7) is 3.57. The first kappa shape index (κ1) is 21.6. The van der Waals surface area contributed by atoms with E-state index in [2.05, 4.69) is 5.32 Å². The Hall–Kier alpha value is -3.23. The molecular weight excluding hydrogens is 438 g/mol. The molecule has 1 fully saturated rings. The Morgan fingerprint density at radius 1 is 0.970 bits per heavy atom. The van der Waals surface area contributed by atoms with Gasteiger partial charge in [-0.3, -0.25) is 9.59 Å². The van der Waals surface area contributed by atoms with Crippen molar-refractivity contribution in [1.29, 1.82) is 0 Å². The number of carbonyl (C=O) groups is 2. The average molecular weight is 464 g/mol. The zero-order valence-electron chi connectivity index (χ0n) is 18.4. The van der Waals surface area contributed by atoms with Crippen LogP contribution in [0.5, 0.6) is 0 Å². The quantitative estimate of drug-likeness (QED) is 0.613. The van der Waals surface area contributed by atoms with Crippen LogP contribution in [-0.2, 0) is 10.0 Å². The summed E-state index contributed by atoms with van der Waals surface area (Å²) in [5, 5.41) is 4.56.